The lowest BCUT2D eigenvalue weighted by atomic mass is 9.61. The fraction of sp³-hybridized carbons (Fsp3) is 0.478. The van der Waals surface area contributed by atoms with Crippen molar-refractivity contribution < 1.29 is 4.79 Å². The smallest absolute Gasteiger partial charge is 0.272 e. The van der Waals surface area contributed by atoms with Gasteiger partial charge in [0, 0.05) is 29.1 Å². The fourth-order valence-corrected chi connectivity index (χ4v) is 5.02. The molecular weight excluding hydrogens is 334 g/mol. The second kappa shape index (κ2) is 6.66. The van der Waals surface area contributed by atoms with Crippen LogP contribution in [0.2, 0.25) is 0 Å². The molecule has 2 aromatic rings. The van der Waals surface area contributed by atoms with Gasteiger partial charge in [-0.2, -0.15) is 5.10 Å². The second-order valence-corrected chi connectivity index (χ2v) is 8.46. The highest BCUT2D eigenvalue weighted by Crippen LogP contribution is 2.47. The molecule has 3 aliphatic rings. The maximum absolute atomic E-state index is 12.5. The largest absolute Gasteiger partial charge is 0.348 e. The van der Waals surface area contributed by atoms with Crippen molar-refractivity contribution in [1.29, 1.82) is 0 Å². The zero-order valence-corrected chi connectivity index (χ0v) is 15.7. The van der Waals surface area contributed by atoms with Crippen LogP contribution in [0.3, 0.4) is 0 Å². The van der Waals surface area contributed by atoms with Crippen molar-refractivity contribution in [2.45, 2.75) is 62.8 Å². The molecule has 2 saturated carbocycles. The van der Waals surface area contributed by atoms with Crippen molar-refractivity contribution in [2.24, 2.45) is 5.92 Å². The molecule has 1 aromatic heterocycles. The Morgan fingerprint density at radius 1 is 1.07 bits per heavy atom. The number of rotatable bonds is 4. The zero-order chi connectivity index (χ0) is 18.3. The Bertz CT molecular complexity index is 859. The first-order valence-corrected chi connectivity index (χ1v) is 10.4. The van der Waals surface area contributed by atoms with E-state index in [0.717, 1.165) is 30.5 Å². The van der Waals surface area contributed by atoms with E-state index in [1.807, 2.05) is 0 Å². The molecule has 4 heteroatoms. The van der Waals surface area contributed by atoms with Gasteiger partial charge in [0.1, 0.15) is 0 Å². The molecule has 27 heavy (non-hydrogen) atoms. The Labute approximate surface area is 160 Å². The Balaban J connectivity index is 1.51. The van der Waals surface area contributed by atoms with Gasteiger partial charge < -0.3 is 5.32 Å². The molecule has 0 aliphatic heterocycles. The van der Waals surface area contributed by atoms with Crippen molar-refractivity contribution in [3.8, 4) is 0 Å². The van der Waals surface area contributed by atoms with Crippen molar-refractivity contribution in [3.63, 3.8) is 0 Å². The average molecular weight is 361 g/mol. The summed E-state index contributed by atoms with van der Waals surface area (Å²) in [6.45, 7) is 0. The van der Waals surface area contributed by atoms with E-state index in [4.69, 9.17) is 0 Å². The Morgan fingerprint density at radius 3 is 2.59 bits per heavy atom. The predicted molar refractivity (Wildman–Crippen MR) is 107 cm³/mol. The van der Waals surface area contributed by atoms with Gasteiger partial charge in [-0.05, 0) is 37.2 Å². The number of hydrogen-bond acceptors (Lipinski definition) is 2. The number of nitrogens with one attached hydrogen (secondary N) is 2. The molecule has 5 rings (SSSR count). The molecule has 0 saturated heterocycles. The number of carbonyl (C=O) groups is 1. The highest BCUT2D eigenvalue weighted by Gasteiger charge is 2.42. The Hall–Kier alpha value is -2.36. The van der Waals surface area contributed by atoms with E-state index in [-0.39, 0.29) is 11.3 Å². The van der Waals surface area contributed by atoms with E-state index in [2.05, 4.69) is 58.0 Å². The minimum absolute atomic E-state index is 0.00541. The monoisotopic (exact) mass is 361 g/mol. The van der Waals surface area contributed by atoms with Gasteiger partial charge in [0.15, 0.2) is 5.69 Å². The summed E-state index contributed by atoms with van der Waals surface area (Å²) in [6.07, 6.45) is 14.2. The number of aromatic nitrogens is 2. The summed E-state index contributed by atoms with van der Waals surface area (Å²) in [5.41, 5.74) is 4.03. The molecule has 2 N–H and O–H groups in total. The minimum Gasteiger partial charge on any atom is -0.348 e. The quantitative estimate of drug-likeness (QED) is 0.848. The number of aromatic amines is 1. The van der Waals surface area contributed by atoms with E-state index in [1.54, 1.807) is 0 Å². The summed E-state index contributed by atoms with van der Waals surface area (Å²) < 4.78 is 0. The highest BCUT2D eigenvalue weighted by atomic mass is 16.2. The average Bonchev–Trinajstić information content (AvgIpc) is 3.44. The molecule has 3 aliphatic carbocycles. The maximum atomic E-state index is 12.5. The van der Waals surface area contributed by atoms with Crippen LogP contribution in [0.4, 0.5) is 0 Å². The lowest BCUT2D eigenvalue weighted by molar-refractivity contribution is 0.0946. The summed E-state index contributed by atoms with van der Waals surface area (Å²) in [5.74, 6) is 0.606. The van der Waals surface area contributed by atoms with Crippen LogP contribution < -0.4 is 5.32 Å². The van der Waals surface area contributed by atoms with Crippen molar-refractivity contribution in [2.75, 3.05) is 0 Å². The third-order valence-electron chi connectivity index (χ3n) is 6.67. The van der Waals surface area contributed by atoms with Gasteiger partial charge in [0.25, 0.3) is 5.91 Å². The standard InChI is InChI=1S/C23H27N3O/c27-22(24-18-11-12-18)21-19-13-14-23(15-20(19)25-26-21,16-7-3-1-4-8-16)17-9-5-2-6-10-17/h1,3-4,7-8,13-14,17-18H,2,5-6,9-12,15H2,(H,24,27)(H,25,26). The third kappa shape index (κ3) is 3.01. The van der Waals surface area contributed by atoms with Gasteiger partial charge in [-0.15, -0.1) is 0 Å². The molecule has 0 bridgehead atoms. The van der Waals surface area contributed by atoms with Gasteiger partial charge >= 0.3 is 0 Å². The van der Waals surface area contributed by atoms with E-state index < -0.39 is 0 Å². The maximum Gasteiger partial charge on any atom is 0.272 e. The number of H-pyrrole nitrogens is 1. The predicted octanol–water partition coefficient (Wildman–Crippen LogP) is 4.39. The first-order chi connectivity index (χ1) is 13.3. The summed E-state index contributed by atoms with van der Waals surface area (Å²) in [7, 11) is 0. The first-order valence-electron chi connectivity index (χ1n) is 10.4. The SMILES string of the molecule is O=C(NC1CC1)c1n[nH]c2c1C=CC(c1ccccc1)(C1CCCCC1)C2. The summed E-state index contributed by atoms with van der Waals surface area (Å²) in [4.78, 5) is 12.5. The van der Waals surface area contributed by atoms with Gasteiger partial charge in [-0.1, -0.05) is 61.7 Å². The molecule has 4 nitrogen and oxygen atoms in total. The van der Waals surface area contributed by atoms with Gasteiger partial charge in [0.2, 0.25) is 0 Å². The summed E-state index contributed by atoms with van der Waals surface area (Å²) >= 11 is 0. The van der Waals surface area contributed by atoms with Crippen LogP contribution in [0.15, 0.2) is 36.4 Å². The van der Waals surface area contributed by atoms with Gasteiger partial charge in [0.05, 0.1) is 0 Å². The Morgan fingerprint density at radius 2 is 1.85 bits per heavy atom. The number of benzene rings is 1. The zero-order valence-electron chi connectivity index (χ0n) is 15.7. The topological polar surface area (TPSA) is 57.8 Å². The second-order valence-electron chi connectivity index (χ2n) is 8.46. The number of amides is 1. The van der Waals surface area contributed by atoms with E-state index >= 15 is 0 Å². The fourth-order valence-electron chi connectivity index (χ4n) is 5.02. The number of allylic oxidation sites excluding steroid dienone is 1. The highest BCUT2D eigenvalue weighted by molar-refractivity contribution is 5.97. The normalized spacial score (nSPS) is 25.2. The van der Waals surface area contributed by atoms with E-state index in [1.165, 1.54) is 37.7 Å². The molecule has 1 heterocycles. The summed E-state index contributed by atoms with van der Waals surface area (Å²) in [6, 6.07) is 11.3. The lowest BCUT2D eigenvalue weighted by Gasteiger charge is -2.43. The molecule has 0 radical (unpaired) electrons. The molecule has 2 fully saturated rings. The van der Waals surface area contributed by atoms with Crippen molar-refractivity contribution in [1.82, 2.24) is 15.5 Å². The molecule has 0 spiro atoms. The van der Waals surface area contributed by atoms with Crippen LogP contribution in [0.1, 0.15) is 72.3 Å². The number of carbonyl (C=O) groups excluding carboxylic acids is 1. The third-order valence-corrected chi connectivity index (χ3v) is 6.67. The molecule has 1 amide bonds. The van der Waals surface area contributed by atoms with E-state index in [0.29, 0.717) is 17.7 Å². The molecule has 1 atom stereocenters. The molecular formula is C23H27N3O. The van der Waals surface area contributed by atoms with Gasteiger partial charge in [-0.3, -0.25) is 9.89 Å². The van der Waals surface area contributed by atoms with E-state index in [9.17, 15) is 4.79 Å². The number of hydrogen-bond donors (Lipinski definition) is 2. The van der Waals surface area contributed by atoms with Gasteiger partial charge in [-0.25, -0.2) is 0 Å². The van der Waals surface area contributed by atoms with Crippen LogP contribution in [-0.4, -0.2) is 22.1 Å². The minimum atomic E-state index is -0.0375. The molecule has 1 unspecified atom stereocenters. The first kappa shape index (κ1) is 16.8. The van der Waals surface area contributed by atoms with Crippen LogP contribution >= 0.6 is 0 Å². The Kier molecular flexibility index (Phi) is 4.14. The number of fused-ring (bicyclic) bond motifs is 1. The van der Waals surface area contributed by atoms with Crippen LogP contribution in [0, 0.1) is 5.92 Å². The van der Waals surface area contributed by atoms with Crippen LogP contribution in [0.25, 0.3) is 6.08 Å². The van der Waals surface area contributed by atoms with Crippen molar-refractivity contribution in [3.05, 3.63) is 58.9 Å². The molecule has 1 aromatic carbocycles. The summed E-state index contributed by atoms with van der Waals surface area (Å²) in [5, 5.41) is 10.7. The van der Waals surface area contributed by atoms with Crippen LogP contribution in [-0.2, 0) is 11.8 Å². The molecule has 140 valence electrons. The lowest BCUT2D eigenvalue weighted by Crippen LogP contribution is -2.38. The number of nitrogens with zero attached hydrogens (tertiary/aromatic N) is 1. The van der Waals surface area contributed by atoms with Crippen LogP contribution in [0.5, 0.6) is 0 Å². The van der Waals surface area contributed by atoms with Crippen molar-refractivity contribution >= 4 is 12.0 Å².